The number of carboxylic acid groups (broad SMARTS) is 1. The highest BCUT2D eigenvalue weighted by Crippen LogP contribution is 2.15. The Hall–Kier alpha value is -4.10. The second kappa shape index (κ2) is 8.67. The topological polar surface area (TPSA) is 126 Å². The number of nitrogens with one attached hydrogen (secondary N) is 2. The number of nitriles is 2. The van der Waals surface area contributed by atoms with Crippen LogP contribution in [-0.4, -0.2) is 17.0 Å². The smallest absolute Gasteiger partial charge is 0.307 e. The van der Waals surface area contributed by atoms with Gasteiger partial charge in [0.25, 0.3) is 5.91 Å². The second-order valence-corrected chi connectivity index (χ2v) is 5.19. The van der Waals surface area contributed by atoms with Gasteiger partial charge in [0.2, 0.25) is 0 Å². The van der Waals surface area contributed by atoms with Gasteiger partial charge in [-0.3, -0.25) is 9.59 Å². The van der Waals surface area contributed by atoms with Gasteiger partial charge in [0.1, 0.15) is 17.7 Å². The SMILES string of the molecule is N#C/C(=C/Nc1ccc(CC(=O)O)cc1)C(=O)Nc1ccccc1C#N. The fraction of sp³-hybridized carbons (Fsp3) is 0.0526. The Morgan fingerprint density at radius 1 is 1.08 bits per heavy atom. The van der Waals surface area contributed by atoms with E-state index in [0.29, 0.717) is 22.5 Å². The van der Waals surface area contributed by atoms with Crippen molar-refractivity contribution in [2.75, 3.05) is 10.6 Å². The van der Waals surface area contributed by atoms with E-state index in [-0.39, 0.29) is 12.0 Å². The highest BCUT2D eigenvalue weighted by molar-refractivity contribution is 6.07. The molecule has 2 aromatic rings. The van der Waals surface area contributed by atoms with Crippen LogP contribution in [-0.2, 0) is 16.0 Å². The number of nitrogens with zero attached hydrogens (tertiary/aromatic N) is 2. The molecule has 0 aliphatic rings. The maximum atomic E-state index is 12.2. The first kappa shape index (κ1) is 18.2. The molecule has 0 aliphatic heterocycles. The van der Waals surface area contributed by atoms with Crippen LogP contribution in [0.1, 0.15) is 11.1 Å². The summed E-state index contributed by atoms with van der Waals surface area (Å²) in [5.74, 6) is -1.57. The van der Waals surface area contributed by atoms with E-state index in [4.69, 9.17) is 10.4 Å². The quantitative estimate of drug-likeness (QED) is 0.545. The van der Waals surface area contributed by atoms with Crippen LogP contribution in [0.25, 0.3) is 0 Å². The van der Waals surface area contributed by atoms with Crippen LogP contribution in [0.2, 0.25) is 0 Å². The minimum Gasteiger partial charge on any atom is -0.481 e. The molecular formula is C19H14N4O3. The number of amides is 1. The van der Waals surface area contributed by atoms with Crippen LogP contribution in [0.4, 0.5) is 11.4 Å². The van der Waals surface area contributed by atoms with E-state index in [9.17, 15) is 14.9 Å². The van der Waals surface area contributed by atoms with Gasteiger partial charge in [0.15, 0.2) is 0 Å². The molecule has 2 rings (SSSR count). The van der Waals surface area contributed by atoms with Crippen molar-refractivity contribution in [2.24, 2.45) is 0 Å². The van der Waals surface area contributed by atoms with Crippen molar-refractivity contribution in [1.29, 1.82) is 10.5 Å². The summed E-state index contributed by atoms with van der Waals surface area (Å²) < 4.78 is 0. The van der Waals surface area contributed by atoms with Gasteiger partial charge in [-0.15, -0.1) is 0 Å². The lowest BCUT2D eigenvalue weighted by Gasteiger charge is -2.07. The monoisotopic (exact) mass is 346 g/mol. The van der Waals surface area contributed by atoms with E-state index >= 15 is 0 Å². The Morgan fingerprint density at radius 3 is 2.38 bits per heavy atom. The molecular weight excluding hydrogens is 332 g/mol. The van der Waals surface area contributed by atoms with Crippen molar-refractivity contribution >= 4 is 23.3 Å². The lowest BCUT2D eigenvalue weighted by atomic mass is 10.1. The molecule has 0 aliphatic carbocycles. The van der Waals surface area contributed by atoms with Gasteiger partial charge in [0, 0.05) is 11.9 Å². The molecule has 2 aromatic carbocycles. The molecule has 0 unspecified atom stereocenters. The number of hydrogen-bond donors (Lipinski definition) is 3. The van der Waals surface area contributed by atoms with Crippen LogP contribution in [0.5, 0.6) is 0 Å². The van der Waals surface area contributed by atoms with Gasteiger partial charge in [0.05, 0.1) is 17.7 Å². The lowest BCUT2D eigenvalue weighted by molar-refractivity contribution is -0.136. The summed E-state index contributed by atoms with van der Waals surface area (Å²) in [6.07, 6.45) is 1.16. The van der Waals surface area contributed by atoms with Crippen molar-refractivity contribution in [3.05, 3.63) is 71.4 Å². The predicted octanol–water partition coefficient (Wildman–Crippen LogP) is 2.64. The summed E-state index contributed by atoms with van der Waals surface area (Å²) in [5, 5.41) is 32.3. The number of rotatable bonds is 6. The number of carbonyl (C=O) groups is 2. The van der Waals surface area contributed by atoms with Gasteiger partial charge in [-0.25, -0.2) is 0 Å². The molecule has 0 radical (unpaired) electrons. The van der Waals surface area contributed by atoms with E-state index in [1.807, 2.05) is 6.07 Å². The zero-order chi connectivity index (χ0) is 18.9. The maximum Gasteiger partial charge on any atom is 0.307 e. The first-order valence-electron chi connectivity index (χ1n) is 7.51. The van der Waals surface area contributed by atoms with E-state index < -0.39 is 11.9 Å². The molecule has 0 fully saturated rings. The zero-order valence-corrected chi connectivity index (χ0v) is 13.6. The largest absolute Gasteiger partial charge is 0.481 e. The molecule has 26 heavy (non-hydrogen) atoms. The lowest BCUT2D eigenvalue weighted by Crippen LogP contribution is -2.15. The van der Waals surface area contributed by atoms with Crippen molar-refractivity contribution in [2.45, 2.75) is 6.42 Å². The van der Waals surface area contributed by atoms with Crippen LogP contribution in [0, 0.1) is 22.7 Å². The molecule has 128 valence electrons. The summed E-state index contributed by atoms with van der Waals surface area (Å²) in [5.41, 5.74) is 1.67. The average Bonchev–Trinajstić information content (AvgIpc) is 2.63. The molecule has 0 saturated carbocycles. The summed E-state index contributed by atoms with van der Waals surface area (Å²) in [4.78, 5) is 22.8. The minimum absolute atomic E-state index is 0.0831. The molecule has 0 spiro atoms. The van der Waals surface area contributed by atoms with E-state index in [1.165, 1.54) is 6.20 Å². The third-order valence-corrected chi connectivity index (χ3v) is 3.35. The fourth-order valence-corrected chi connectivity index (χ4v) is 2.08. The average molecular weight is 346 g/mol. The number of benzene rings is 2. The van der Waals surface area contributed by atoms with Crippen LogP contribution >= 0.6 is 0 Å². The summed E-state index contributed by atoms with van der Waals surface area (Å²) in [7, 11) is 0. The van der Waals surface area contributed by atoms with Crippen LogP contribution in [0.3, 0.4) is 0 Å². The van der Waals surface area contributed by atoms with Gasteiger partial charge in [-0.1, -0.05) is 24.3 Å². The molecule has 0 heterocycles. The second-order valence-electron chi connectivity index (χ2n) is 5.19. The van der Waals surface area contributed by atoms with Crippen molar-refractivity contribution in [3.8, 4) is 12.1 Å². The number of aliphatic carboxylic acids is 1. The first-order valence-corrected chi connectivity index (χ1v) is 7.51. The maximum absolute atomic E-state index is 12.2. The van der Waals surface area contributed by atoms with Gasteiger partial charge in [-0.05, 0) is 29.8 Å². The third-order valence-electron chi connectivity index (χ3n) is 3.35. The Bertz CT molecular complexity index is 934. The van der Waals surface area contributed by atoms with Gasteiger partial charge < -0.3 is 15.7 Å². The molecule has 3 N–H and O–H groups in total. The van der Waals surface area contributed by atoms with Gasteiger partial charge in [-0.2, -0.15) is 10.5 Å². The highest BCUT2D eigenvalue weighted by atomic mass is 16.4. The van der Waals surface area contributed by atoms with Crippen molar-refractivity contribution in [3.63, 3.8) is 0 Å². The Kier molecular flexibility index (Phi) is 6.08. The normalized spacial score (nSPS) is 10.3. The molecule has 0 aromatic heterocycles. The van der Waals surface area contributed by atoms with Crippen molar-refractivity contribution < 1.29 is 14.7 Å². The van der Waals surface area contributed by atoms with E-state index in [2.05, 4.69) is 10.6 Å². The zero-order valence-electron chi connectivity index (χ0n) is 13.6. The number of anilines is 2. The molecule has 0 atom stereocenters. The highest BCUT2D eigenvalue weighted by Gasteiger charge is 2.11. The molecule has 7 heteroatoms. The van der Waals surface area contributed by atoms with Crippen molar-refractivity contribution in [1.82, 2.24) is 0 Å². The van der Waals surface area contributed by atoms with E-state index in [1.54, 1.807) is 54.6 Å². The number of carbonyl (C=O) groups excluding carboxylic acids is 1. The first-order chi connectivity index (χ1) is 12.5. The minimum atomic E-state index is -0.924. The predicted molar refractivity (Wildman–Crippen MR) is 94.9 cm³/mol. The summed E-state index contributed by atoms with van der Waals surface area (Å²) >= 11 is 0. The Balaban J connectivity index is 2.07. The number of hydrogen-bond acceptors (Lipinski definition) is 5. The molecule has 1 amide bonds. The summed E-state index contributed by atoms with van der Waals surface area (Å²) in [6, 6.07) is 16.8. The Morgan fingerprint density at radius 2 is 1.77 bits per heavy atom. The summed E-state index contributed by atoms with van der Waals surface area (Å²) in [6.45, 7) is 0. The molecule has 0 saturated heterocycles. The van der Waals surface area contributed by atoms with Crippen LogP contribution in [0.15, 0.2) is 60.3 Å². The molecule has 7 nitrogen and oxygen atoms in total. The van der Waals surface area contributed by atoms with E-state index in [0.717, 1.165) is 0 Å². The number of carboxylic acids is 1. The molecule has 0 bridgehead atoms. The third kappa shape index (κ3) is 4.95. The van der Waals surface area contributed by atoms with Gasteiger partial charge >= 0.3 is 5.97 Å². The fourth-order valence-electron chi connectivity index (χ4n) is 2.08. The standard InChI is InChI=1S/C19H14N4O3/c20-10-14-3-1-2-4-17(14)23-19(26)15(11-21)12-22-16-7-5-13(6-8-16)9-18(24)25/h1-8,12,22H,9H2,(H,23,26)(H,24,25)/b15-12-. The number of para-hydroxylation sites is 1. The Labute approximate surface area is 149 Å². The van der Waals surface area contributed by atoms with Crippen LogP contribution < -0.4 is 10.6 Å².